The lowest BCUT2D eigenvalue weighted by Crippen LogP contribution is -2.33. The first-order valence-electron chi connectivity index (χ1n) is 6.41. The molecule has 1 aliphatic heterocycles. The van der Waals surface area contributed by atoms with Crippen molar-refractivity contribution in [2.45, 2.75) is 25.4 Å². The topological polar surface area (TPSA) is 27.8 Å². The van der Waals surface area contributed by atoms with Crippen LogP contribution in [0.3, 0.4) is 0 Å². The lowest BCUT2D eigenvalue weighted by atomic mass is 10.2. The molecule has 0 bridgehead atoms. The molecule has 0 saturated carbocycles. The third-order valence-corrected chi connectivity index (χ3v) is 5.09. The van der Waals surface area contributed by atoms with E-state index in [-0.39, 0.29) is 0 Å². The number of hydrogen-bond donors (Lipinski definition) is 2. The third-order valence-electron chi connectivity index (χ3n) is 3.44. The number of thioether (sulfide) groups is 1. The number of aromatic nitrogens is 1. The Morgan fingerprint density at radius 1 is 1.39 bits per heavy atom. The predicted molar refractivity (Wildman–Crippen MR) is 80.5 cm³/mol. The molecule has 1 saturated heterocycles. The van der Waals surface area contributed by atoms with Gasteiger partial charge in [-0.25, -0.2) is 0 Å². The number of aromatic amines is 1. The van der Waals surface area contributed by atoms with Crippen LogP contribution in [-0.2, 0) is 6.54 Å². The lowest BCUT2D eigenvalue weighted by molar-refractivity contribution is 0.505. The summed E-state index contributed by atoms with van der Waals surface area (Å²) in [5.74, 6) is 2.53. The van der Waals surface area contributed by atoms with E-state index in [2.05, 4.69) is 22.4 Å². The second-order valence-electron chi connectivity index (χ2n) is 4.76. The summed E-state index contributed by atoms with van der Waals surface area (Å²) in [6.45, 7) is 0.832. The molecule has 3 rings (SSSR count). The molecule has 2 nitrogen and oxygen atoms in total. The highest BCUT2D eigenvalue weighted by Gasteiger charge is 2.14. The van der Waals surface area contributed by atoms with E-state index in [9.17, 15) is 0 Å². The number of nitrogens with one attached hydrogen (secondary N) is 2. The van der Waals surface area contributed by atoms with E-state index >= 15 is 0 Å². The number of hydrogen-bond acceptors (Lipinski definition) is 2. The first kappa shape index (κ1) is 12.4. The average molecular weight is 281 g/mol. The van der Waals surface area contributed by atoms with Gasteiger partial charge >= 0.3 is 0 Å². The molecule has 18 heavy (non-hydrogen) atoms. The van der Waals surface area contributed by atoms with Crippen molar-refractivity contribution in [1.82, 2.24) is 10.3 Å². The van der Waals surface area contributed by atoms with Crippen molar-refractivity contribution >= 4 is 34.3 Å². The molecule has 0 spiro atoms. The number of para-hydroxylation sites is 1. The molecule has 96 valence electrons. The number of H-pyrrole nitrogens is 1. The summed E-state index contributed by atoms with van der Waals surface area (Å²) in [7, 11) is 0. The molecule has 0 amide bonds. The Morgan fingerprint density at radius 2 is 2.28 bits per heavy atom. The number of halogens is 1. The normalized spacial score (nSPS) is 20.4. The zero-order valence-electron chi connectivity index (χ0n) is 10.2. The van der Waals surface area contributed by atoms with Crippen LogP contribution in [-0.4, -0.2) is 22.5 Å². The molecule has 1 unspecified atom stereocenters. The largest absolute Gasteiger partial charge is 0.356 e. The molecule has 1 aromatic carbocycles. The second-order valence-corrected chi connectivity index (χ2v) is 6.29. The van der Waals surface area contributed by atoms with Crippen LogP contribution < -0.4 is 5.32 Å². The maximum Gasteiger partial charge on any atom is 0.0705 e. The Balaban J connectivity index is 1.72. The van der Waals surface area contributed by atoms with Gasteiger partial charge in [0.2, 0.25) is 0 Å². The van der Waals surface area contributed by atoms with Gasteiger partial charge in [0, 0.05) is 34.9 Å². The Bertz CT molecular complexity index is 532. The Kier molecular flexibility index (Phi) is 3.83. The predicted octanol–water partition coefficient (Wildman–Crippen LogP) is 3.81. The summed E-state index contributed by atoms with van der Waals surface area (Å²) in [5, 5.41) is 5.59. The SMILES string of the molecule is Clc1c(CNC2CCCSC2)[nH]c2ccccc12. The van der Waals surface area contributed by atoms with Crippen molar-refractivity contribution in [2.24, 2.45) is 0 Å². The summed E-state index contributed by atoms with van der Waals surface area (Å²) in [6.07, 6.45) is 2.60. The van der Waals surface area contributed by atoms with Gasteiger partial charge in [-0.1, -0.05) is 29.8 Å². The van der Waals surface area contributed by atoms with E-state index < -0.39 is 0 Å². The van der Waals surface area contributed by atoms with Crippen molar-refractivity contribution in [3.8, 4) is 0 Å². The highest BCUT2D eigenvalue weighted by Crippen LogP contribution is 2.27. The van der Waals surface area contributed by atoms with Crippen molar-refractivity contribution in [3.63, 3.8) is 0 Å². The molecule has 2 N–H and O–H groups in total. The Labute approximate surface area is 116 Å². The molecule has 0 aliphatic carbocycles. The van der Waals surface area contributed by atoms with Crippen LogP contribution >= 0.6 is 23.4 Å². The zero-order chi connectivity index (χ0) is 12.4. The molecule has 2 aromatic rings. The first-order chi connectivity index (χ1) is 8.84. The standard InChI is InChI=1S/C14H17ClN2S/c15-14-11-5-1-2-6-12(11)17-13(14)8-16-10-4-3-7-18-9-10/h1-2,5-6,10,16-17H,3-4,7-9H2. The molecule has 1 fully saturated rings. The van der Waals surface area contributed by atoms with E-state index in [1.165, 1.54) is 24.3 Å². The molecule has 1 atom stereocenters. The van der Waals surface area contributed by atoms with E-state index in [4.69, 9.17) is 11.6 Å². The van der Waals surface area contributed by atoms with Crippen molar-refractivity contribution in [3.05, 3.63) is 35.0 Å². The van der Waals surface area contributed by atoms with Crippen LogP contribution in [0.5, 0.6) is 0 Å². The van der Waals surface area contributed by atoms with Gasteiger partial charge in [-0.2, -0.15) is 11.8 Å². The van der Waals surface area contributed by atoms with Gasteiger partial charge in [0.25, 0.3) is 0 Å². The summed E-state index contributed by atoms with van der Waals surface area (Å²) < 4.78 is 0. The van der Waals surface area contributed by atoms with Gasteiger partial charge < -0.3 is 10.3 Å². The van der Waals surface area contributed by atoms with E-state index in [1.807, 2.05) is 23.9 Å². The van der Waals surface area contributed by atoms with Crippen LogP contribution in [0.15, 0.2) is 24.3 Å². The van der Waals surface area contributed by atoms with E-state index in [1.54, 1.807) is 0 Å². The minimum atomic E-state index is 0.631. The maximum absolute atomic E-state index is 6.40. The molecule has 0 radical (unpaired) electrons. The molecule has 4 heteroatoms. The Hall–Kier alpha value is -0.640. The summed E-state index contributed by atoms with van der Waals surface area (Å²) in [5.41, 5.74) is 2.23. The van der Waals surface area contributed by atoms with Gasteiger partial charge in [0.05, 0.1) is 5.02 Å². The van der Waals surface area contributed by atoms with Crippen molar-refractivity contribution < 1.29 is 0 Å². The summed E-state index contributed by atoms with van der Waals surface area (Å²) in [6, 6.07) is 8.82. The van der Waals surface area contributed by atoms with Crippen LogP contribution in [0.1, 0.15) is 18.5 Å². The van der Waals surface area contributed by atoms with Crippen LogP contribution in [0.4, 0.5) is 0 Å². The maximum atomic E-state index is 6.40. The zero-order valence-corrected chi connectivity index (χ0v) is 11.8. The molecule has 2 heterocycles. The fourth-order valence-corrected chi connectivity index (χ4v) is 3.82. The monoisotopic (exact) mass is 280 g/mol. The molecular weight excluding hydrogens is 264 g/mol. The van der Waals surface area contributed by atoms with Gasteiger partial charge in [-0.05, 0) is 24.7 Å². The lowest BCUT2D eigenvalue weighted by Gasteiger charge is -2.22. The highest BCUT2D eigenvalue weighted by atomic mass is 35.5. The number of rotatable bonds is 3. The smallest absolute Gasteiger partial charge is 0.0705 e. The summed E-state index contributed by atoms with van der Waals surface area (Å²) >= 11 is 8.44. The number of fused-ring (bicyclic) bond motifs is 1. The Morgan fingerprint density at radius 3 is 3.06 bits per heavy atom. The van der Waals surface area contributed by atoms with Crippen LogP contribution in [0, 0.1) is 0 Å². The molecule has 1 aliphatic rings. The van der Waals surface area contributed by atoms with Crippen molar-refractivity contribution in [2.75, 3.05) is 11.5 Å². The molecule has 1 aromatic heterocycles. The van der Waals surface area contributed by atoms with Gasteiger partial charge in [0.15, 0.2) is 0 Å². The highest BCUT2D eigenvalue weighted by molar-refractivity contribution is 7.99. The van der Waals surface area contributed by atoms with E-state index in [0.29, 0.717) is 6.04 Å². The van der Waals surface area contributed by atoms with Gasteiger partial charge in [-0.3, -0.25) is 0 Å². The van der Waals surface area contributed by atoms with Crippen LogP contribution in [0.2, 0.25) is 5.02 Å². The average Bonchev–Trinajstić information content (AvgIpc) is 2.75. The fraction of sp³-hybridized carbons (Fsp3) is 0.429. The number of benzene rings is 1. The van der Waals surface area contributed by atoms with Gasteiger partial charge in [-0.15, -0.1) is 0 Å². The first-order valence-corrected chi connectivity index (χ1v) is 7.94. The van der Waals surface area contributed by atoms with Gasteiger partial charge in [0.1, 0.15) is 0 Å². The summed E-state index contributed by atoms with van der Waals surface area (Å²) in [4.78, 5) is 3.40. The van der Waals surface area contributed by atoms with Crippen LogP contribution in [0.25, 0.3) is 10.9 Å². The minimum Gasteiger partial charge on any atom is -0.356 e. The fourth-order valence-electron chi connectivity index (χ4n) is 2.43. The second kappa shape index (κ2) is 5.55. The van der Waals surface area contributed by atoms with Crippen molar-refractivity contribution in [1.29, 1.82) is 0 Å². The minimum absolute atomic E-state index is 0.631. The molecular formula is C14H17ClN2S. The quantitative estimate of drug-likeness (QED) is 0.895. The third kappa shape index (κ3) is 2.53. The van der Waals surface area contributed by atoms with E-state index in [0.717, 1.165) is 28.2 Å².